The van der Waals surface area contributed by atoms with Gasteiger partial charge in [0.1, 0.15) is 11.4 Å². The highest BCUT2D eigenvalue weighted by molar-refractivity contribution is 7.71. The van der Waals surface area contributed by atoms with Crippen molar-refractivity contribution in [2.75, 3.05) is 5.32 Å². The van der Waals surface area contributed by atoms with E-state index in [0.29, 0.717) is 5.56 Å². The Labute approximate surface area is 157 Å². The second kappa shape index (κ2) is 6.36. The molecule has 1 aliphatic rings. The van der Waals surface area contributed by atoms with E-state index in [0.717, 1.165) is 9.88 Å². The molecule has 0 spiro atoms. The molecule has 150 valence electrons. The number of alkyl halides is 6. The molecule has 1 aromatic heterocycles. The van der Waals surface area contributed by atoms with Crippen LogP contribution in [-0.2, 0) is 12.1 Å². The molecule has 1 aliphatic heterocycles. The molecule has 0 unspecified atom stereocenters. The van der Waals surface area contributed by atoms with E-state index >= 15 is 0 Å². The second-order valence-corrected chi connectivity index (χ2v) is 6.27. The van der Waals surface area contributed by atoms with E-state index < -0.39 is 45.6 Å². The molecule has 0 fully saturated rings. The van der Waals surface area contributed by atoms with Crippen molar-refractivity contribution < 1.29 is 31.1 Å². The van der Waals surface area contributed by atoms with Crippen molar-refractivity contribution in [3.8, 4) is 0 Å². The molecule has 2 aromatic rings. The average molecular weight is 424 g/mol. The van der Waals surface area contributed by atoms with E-state index in [-0.39, 0.29) is 6.54 Å². The predicted octanol–water partition coefficient (Wildman–Crippen LogP) is 3.41. The third-order valence-corrected chi connectivity index (χ3v) is 4.46. The van der Waals surface area contributed by atoms with Gasteiger partial charge in [0, 0.05) is 0 Å². The molecule has 2 amide bonds. The summed E-state index contributed by atoms with van der Waals surface area (Å²) >= 11 is 4.90. The molecule has 0 radical (unpaired) electrons. The summed E-state index contributed by atoms with van der Waals surface area (Å²) in [7, 11) is 0. The molecular weight excluding hydrogens is 414 g/mol. The molecule has 0 saturated carbocycles. The lowest BCUT2D eigenvalue weighted by Gasteiger charge is -2.41. The fourth-order valence-electron chi connectivity index (χ4n) is 2.92. The van der Waals surface area contributed by atoms with E-state index in [2.05, 4.69) is 0 Å². The fourth-order valence-corrected chi connectivity index (χ4v) is 3.17. The number of benzene rings is 1. The van der Waals surface area contributed by atoms with Gasteiger partial charge in [-0.25, -0.2) is 4.79 Å². The Bertz CT molecular complexity index is 1030. The van der Waals surface area contributed by atoms with Gasteiger partial charge in [-0.2, -0.15) is 26.3 Å². The number of anilines is 1. The Morgan fingerprint density at radius 3 is 2.11 bits per heavy atom. The van der Waals surface area contributed by atoms with Crippen molar-refractivity contribution in [3.63, 3.8) is 0 Å². The molecule has 0 bridgehead atoms. The summed E-state index contributed by atoms with van der Waals surface area (Å²) in [6, 6.07) is 6.14. The summed E-state index contributed by atoms with van der Waals surface area (Å²) in [5, 5.41) is 2.71. The first-order valence-electron chi connectivity index (χ1n) is 7.52. The highest BCUT2D eigenvalue weighted by Gasteiger charge is 2.76. The number of H-pyrrole nitrogens is 1. The highest BCUT2D eigenvalue weighted by atomic mass is 32.1. The number of hydrogen-bond acceptors (Lipinski definition) is 3. The summed E-state index contributed by atoms with van der Waals surface area (Å²) in [4.78, 5) is 25.8. The van der Waals surface area contributed by atoms with E-state index in [4.69, 9.17) is 12.2 Å². The van der Waals surface area contributed by atoms with Crippen molar-refractivity contribution in [1.82, 2.24) is 14.9 Å². The van der Waals surface area contributed by atoms with E-state index in [9.17, 15) is 35.9 Å². The summed E-state index contributed by atoms with van der Waals surface area (Å²) < 4.78 is 82.1. The number of amides is 2. The number of aromatic amines is 1. The summed E-state index contributed by atoms with van der Waals surface area (Å²) in [6.45, 7) is -0.287. The summed E-state index contributed by atoms with van der Waals surface area (Å²) in [5.41, 5.74) is -7.89. The smallest absolute Gasteiger partial charge is 0.312 e. The van der Waals surface area contributed by atoms with Gasteiger partial charge in [-0.05, 0) is 17.8 Å². The first-order chi connectivity index (χ1) is 12.9. The molecule has 3 N–H and O–H groups in total. The molecule has 13 heteroatoms. The number of aromatic nitrogens is 2. The van der Waals surface area contributed by atoms with Crippen LogP contribution in [0, 0.1) is 4.77 Å². The summed E-state index contributed by atoms with van der Waals surface area (Å²) in [6.07, 6.45) is -12.1. The van der Waals surface area contributed by atoms with Crippen molar-refractivity contribution >= 4 is 24.1 Å². The number of urea groups is 1. The number of fused-ring (bicyclic) bond motifs is 1. The molecule has 3 rings (SSSR count). The normalized spacial score (nSPS) is 16.1. The number of hydrogen-bond donors (Lipinski definition) is 3. The Morgan fingerprint density at radius 1 is 1.00 bits per heavy atom. The van der Waals surface area contributed by atoms with Gasteiger partial charge in [-0.15, -0.1) is 0 Å². The lowest BCUT2D eigenvalue weighted by Crippen LogP contribution is -2.69. The van der Waals surface area contributed by atoms with Crippen LogP contribution in [0.15, 0.2) is 35.1 Å². The zero-order chi connectivity index (χ0) is 20.9. The largest absolute Gasteiger partial charge is 0.425 e. The van der Waals surface area contributed by atoms with Crippen molar-refractivity contribution in [2.45, 2.75) is 24.4 Å². The van der Waals surface area contributed by atoms with Crippen molar-refractivity contribution in [3.05, 3.63) is 56.6 Å². The van der Waals surface area contributed by atoms with Gasteiger partial charge >= 0.3 is 18.4 Å². The number of halogens is 6. The lowest BCUT2D eigenvalue weighted by molar-refractivity contribution is -0.310. The molecule has 0 atom stereocenters. The maximum absolute atomic E-state index is 13.6. The Hall–Kier alpha value is -2.83. The van der Waals surface area contributed by atoms with Gasteiger partial charge in [0.05, 0.1) is 6.54 Å². The van der Waals surface area contributed by atoms with Gasteiger partial charge in [-0.1, -0.05) is 30.3 Å². The van der Waals surface area contributed by atoms with E-state index in [1.54, 1.807) is 30.3 Å². The van der Waals surface area contributed by atoms with Crippen LogP contribution in [-0.4, -0.2) is 27.9 Å². The van der Waals surface area contributed by atoms with Gasteiger partial charge in [0.15, 0.2) is 4.77 Å². The lowest BCUT2D eigenvalue weighted by atomic mass is 9.87. The summed E-state index contributed by atoms with van der Waals surface area (Å²) in [5.74, 6) is -0.976. The number of carbonyl (C=O) groups excluding carboxylic acids is 1. The van der Waals surface area contributed by atoms with Crippen molar-refractivity contribution in [2.24, 2.45) is 0 Å². The van der Waals surface area contributed by atoms with Crippen LogP contribution in [0.1, 0.15) is 11.1 Å². The topological polar surface area (TPSA) is 78.9 Å². The van der Waals surface area contributed by atoms with Gasteiger partial charge < -0.3 is 5.32 Å². The minimum absolute atomic E-state index is 0.287. The third-order valence-electron chi connectivity index (χ3n) is 4.14. The predicted molar refractivity (Wildman–Crippen MR) is 87.4 cm³/mol. The average Bonchev–Trinajstić information content (AvgIpc) is 2.56. The second-order valence-electron chi connectivity index (χ2n) is 5.88. The first kappa shape index (κ1) is 19.9. The van der Waals surface area contributed by atoms with Crippen molar-refractivity contribution in [1.29, 1.82) is 0 Å². The molecular formula is C15H10F6N4O2S. The van der Waals surface area contributed by atoms with Crippen LogP contribution in [0.25, 0.3) is 0 Å². The Balaban J connectivity index is 2.38. The molecule has 0 saturated heterocycles. The fraction of sp³-hybridized carbons (Fsp3) is 0.267. The van der Waals surface area contributed by atoms with Crippen LogP contribution >= 0.6 is 12.2 Å². The molecule has 2 heterocycles. The number of nitrogens with zero attached hydrogens (tertiary/aromatic N) is 1. The van der Waals surface area contributed by atoms with Crippen LogP contribution < -0.4 is 16.2 Å². The van der Waals surface area contributed by atoms with Crippen LogP contribution in [0.5, 0.6) is 0 Å². The molecule has 0 aliphatic carbocycles. The number of nitrogens with one attached hydrogen (secondary N) is 3. The maximum Gasteiger partial charge on any atom is 0.425 e. The standard InChI is InChI=1S/C15H10F6N4O2S/c16-14(17,18)13(15(19,20)21)8-9(22-11(27)24-13)25(12(28)23-10(8)26)6-7-4-2-1-3-5-7/h1-5H,6H2,(H2,22,24,27)(H,23,26,28). The Morgan fingerprint density at radius 2 is 1.57 bits per heavy atom. The SMILES string of the molecule is O=C1Nc2c(c(=O)[nH]c(=S)n2Cc2ccccc2)C(C(F)(F)F)(C(F)(F)F)N1. The monoisotopic (exact) mass is 424 g/mol. The number of rotatable bonds is 2. The molecule has 1 aromatic carbocycles. The maximum atomic E-state index is 13.6. The van der Waals surface area contributed by atoms with Crippen LogP contribution in [0.2, 0.25) is 0 Å². The van der Waals surface area contributed by atoms with Crippen LogP contribution in [0.3, 0.4) is 0 Å². The third kappa shape index (κ3) is 2.95. The van der Waals surface area contributed by atoms with E-state index in [1.807, 2.05) is 10.3 Å². The quantitative estimate of drug-likeness (QED) is 0.511. The Kier molecular flexibility index (Phi) is 4.52. The first-order valence-corrected chi connectivity index (χ1v) is 7.93. The number of carbonyl (C=O) groups is 1. The minimum Gasteiger partial charge on any atom is -0.312 e. The zero-order valence-corrected chi connectivity index (χ0v) is 14.4. The van der Waals surface area contributed by atoms with E-state index in [1.165, 1.54) is 0 Å². The highest BCUT2D eigenvalue weighted by Crippen LogP contribution is 2.52. The molecule has 28 heavy (non-hydrogen) atoms. The zero-order valence-electron chi connectivity index (χ0n) is 13.5. The molecule has 6 nitrogen and oxygen atoms in total. The minimum atomic E-state index is -6.06. The van der Waals surface area contributed by atoms with Gasteiger partial charge in [0.2, 0.25) is 0 Å². The van der Waals surface area contributed by atoms with Crippen LogP contribution in [0.4, 0.5) is 37.0 Å². The van der Waals surface area contributed by atoms with Gasteiger partial charge in [0.25, 0.3) is 11.1 Å². The van der Waals surface area contributed by atoms with Gasteiger partial charge in [-0.3, -0.25) is 19.7 Å².